The molecule has 7 nitrogen and oxygen atoms in total. The summed E-state index contributed by atoms with van der Waals surface area (Å²) in [6, 6.07) is -0.131. The number of hydrogen-bond donors (Lipinski definition) is 0. The van der Waals surface area contributed by atoms with Gasteiger partial charge in [-0.05, 0) is 36.7 Å². The van der Waals surface area contributed by atoms with E-state index in [-0.39, 0.29) is 6.04 Å². The second kappa shape index (κ2) is 5.10. The average molecular weight is 351 g/mol. The summed E-state index contributed by atoms with van der Waals surface area (Å²) in [6.45, 7) is 5.81. The van der Waals surface area contributed by atoms with Crippen molar-refractivity contribution < 1.29 is 4.42 Å². The van der Waals surface area contributed by atoms with E-state index in [1.165, 1.54) is 0 Å². The molecule has 0 amide bonds. The number of halogens is 1. The van der Waals surface area contributed by atoms with Crippen molar-refractivity contribution in [2.45, 2.75) is 26.8 Å². The first-order valence-electron chi connectivity index (χ1n) is 6.51. The van der Waals surface area contributed by atoms with Crippen molar-refractivity contribution in [3.8, 4) is 11.5 Å². The largest absolute Gasteiger partial charge is 0.418 e. The van der Waals surface area contributed by atoms with E-state index in [1.54, 1.807) is 9.36 Å². The second-order valence-electron chi connectivity index (χ2n) is 4.97. The zero-order valence-electron chi connectivity index (χ0n) is 12.2. The summed E-state index contributed by atoms with van der Waals surface area (Å²) in [5, 5.41) is 16.9. The molecule has 1 unspecified atom stereocenters. The van der Waals surface area contributed by atoms with Crippen LogP contribution in [0.5, 0.6) is 0 Å². The molecule has 0 aliphatic rings. The Morgan fingerprint density at radius 1 is 1.14 bits per heavy atom. The summed E-state index contributed by atoms with van der Waals surface area (Å²) >= 11 is 3.45. The molecule has 3 aromatic heterocycles. The Morgan fingerprint density at radius 3 is 2.48 bits per heavy atom. The van der Waals surface area contributed by atoms with Crippen molar-refractivity contribution in [1.29, 1.82) is 0 Å². The van der Waals surface area contributed by atoms with Gasteiger partial charge in [-0.25, -0.2) is 0 Å². The lowest BCUT2D eigenvalue weighted by atomic mass is 10.3. The molecule has 3 heterocycles. The molecule has 8 heteroatoms. The first-order valence-corrected chi connectivity index (χ1v) is 7.30. The fourth-order valence-electron chi connectivity index (χ4n) is 2.09. The van der Waals surface area contributed by atoms with Gasteiger partial charge >= 0.3 is 0 Å². The molecule has 0 aliphatic heterocycles. The lowest BCUT2D eigenvalue weighted by Gasteiger charge is -2.06. The SMILES string of the molecule is Cc1nn(C(C)c2nnc(-c3cn(C)nc3C)o2)cc1Br. The van der Waals surface area contributed by atoms with Gasteiger partial charge in [-0.15, -0.1) is 10.2 Å². The maximum Gasteiger partial charge on any atom is 0.251 e. The molecule has 0 fully saturated rings. The molecule has 3 aromatic rings. The number of nitrogens with zero attached hydrogens (tertiary/aromatic N) is 6. The first kappa shape index (κ1) is 14.0. The summed E-state index contributed by atoms with van der Waals surface area (Å²) in [5.74, 6) is 0.994. The minimum absolute atomic E-state index is 0.131. The molecule has 0 radical (unpaired) electrons. The van der Waals surface area contributed by atoms with Crippen LogP contribution in [0.2, 0.25) is 0 Å². The Kier molecular flexibility index (Phi) is 3.40. The molecule has 21 heavy (non-hydrogen) atoms. The van der Waals surface area contributed by atoms with E-state index in [0.29, 0.717) is 11.8 Å². The van der Waals surface area contributed by atoms with Crippen molar-refractivity contribution in [1.82, 2.24) is 29.8 Å². The average Bonchev–Trinajstić information content (AvgIpc) is 3.10. The fourth-order valence-corrected chi connectivity index (χ4v) is 2.38. The van der Waals surface area contributed by atoms with Crippen molar-refractivity contribution in [3.05, 3.63) is 34.1 Å². The molecule has 110 valence electrons. The van der Waals surface area contributed by atoms with Gasteiger partial charge in [0, 0.05) is 19.4 Å². The summed E-state index contributed by atoms with van der Waals surface area (Å²) < 4.78 is 10.3. The lowest BCUT2D eigenvalue weighted by Crippen LogP contribution is -2.07. The highest BCUT2D eigenvalue weighted by atomic mass is 79.9. The summed E-state index contributed by atoms with van der Waals surface area (Å²) in [6.07, 6.45) is 3.77. The molecule has 3 rings (SSSR count). The predicted molar refractivity (Wildman–Crippen MR) is 79.7 cm³/mol. The Hall–Kier alpha value is -1.96. The van der Waals surface area contributed by atoms with Crippen LogP contribution >= 0.6 is 15.9 Å². The Labute approximate surface area is 130 Å². The van der Waals surface area contributed by atoms with E-state index in [0.717, 1.165) is 21.4 Å². The minimum Gasteiger partial charge on any atom is -0.418 e. The van der Waals surface area contributed by atoms with Gasteiger partial charge in [0.1, 0.15) is 6.04 Å². The molecule has 0 aliphatic carbocycles. The normalized spacial score (nSPS) is 12.8. The number of hydrogen-bond acceptors (Lipinski definition) is 5. The molecule has 0 saturated carbocycles. The van der Waals surface area contributed by atoms with E-state index < -0.39 is 0 Å². The smallest absolute Gasteiger partial charge is 0.251 e. The van der Waals surface area contributed by atoms with Gasteiger partial charge in [-0.3, -0.25) is 9.36 Å². The van der Waals surface area contributed by atoms with Crippen molar-refractivity contribution in [2.24, 2.45) is 7.05 Å². The highest BCUT2D eigenvalue weighted by Gasteiger charge is 2.20. The Morgan fingerprint density at radius 2 is 1.90 bits per heavy atom. The molecule has 0 aromatic carbocycles. The number of rotatable bonds is 3. The number of aromatic nitrogens is 6. The van der Waals surface area contributed by atoms with Crippen LogP contribution in [0.4, 0.5) is 0 Å². The quantitative estimate of drug-likeness (QED) is 0.725. The van der Waals surface area contributed by atoms with Crippen LogP contribution in [0.15, 0.2) is 21.3 Å². The summed E-state index contributed by atoms with van der Waals surface area (Å²) in [5.41, 5.74) is 2.63. The third-order valence-corrected chi connectivity index (χ3v) is 4.07. The Balaban J connectivity index is 1.92. The van der Waals surface area contributed by atoms with Gasteiger partial charge < -0.3 is 4.42 Å². The van der Waals surface area contributed by atoms with Gasteiger partial charge in [0.2, 0.25) is 5.89 Å². The molecule has 0 N–H and O–H groups in total. The third-order valence-electron chi connectivity index (χ3n) is 3.30. The van der Waals surface area contributed by atoms with Crippen LogP contribution in [0, 0.1) is 13.8 Å². The number of aryl methyl sites for hydroxylation is 3. The molecular formula is C13H15BrN6O. The van der Waals surface area contributed by atoms with Gasteiger partial charge in [-0.2, -0.15) is 10.2 Å². The van der Waals surface area contributed by atoms with E-state index in [1.807, 2.05) is 40.2 Å². The van der Waals surface area contributed by atoms with Crippen molar-refractivity contribution in [2.75, 3.05) is 0 Å². The zero-order valence-corrected chi connectivity index (χ0v) is 13.8. The van der Waals surface area contributed by atoms with Gasteiger partial charge in [0.15, 0.2) is 0 Å². The van der Waals surface area contributed by atoms with Gasteiger partial charge in [0.25, 0.3) is 5.89 Å². The van der Waals surface area contributed by atoms with E-state index in [2.05, 4.69) is 36.3 Å². The molecular weight excluding hydrogens is 336 g/mol. The topological polar surface area (TPSA) is 74.6 Å². The van der Waals surface area contributed by atoms with Crippen LogP contribution in [0.3, 0.4) is 0 Å². The highest BCUT2D eigenvalue weighted by molar-refractivity contribution is 9.10. The fraction of sp³-hybridized carbons (Fsp3) is 0.385. The molecule has 1 atom stereocenters. The van der Waals surface area contributed by atoms with Gasteiger partial charge in [0.05, 0.1) is 21.4 Å². The van der Waals surface area contributed by atoms with Crippen LogP contribution in [-0.2, 0) is 7.05 Å². The zero-order chi connectivity index (χ0) is 15.1. The predicted octanol–water partition coefficient (Wildman–Crippen LogP) is 2.66. The van der Waals surface area contributed by atoms with Crippen molar-refractivity contribution >= 4 is 15.9 Å². The third kappa shape index (κ3) is 2.51. The second-order valence-corrected chi connectivity index (χ2v) is 5.82. The van der Waals surface area contributed by atoms with Gasteiger partial charge in [-0.1, -0.05) is 0 Å². The summed E-state index contributed by atoms with van der Waals surface area (Å²) in [7, 11) is 1.86. The van der Waals surface area contributed by atoms with Crippen molar-refractivity contribution in [3.63, 3.8) is 0 Å². The highest BCUT2D eigenvalue weighted by Crippen LogP contribution is 2.25. The van der Waals surface area contributed by atoms with Crippen LogP contribution in [-0.4, -0.2) is 29.8 Å². The van der Waals surface area contributed by atoms with E-state index >= 15 is 0 Å². The van der Waals surface area contributed by atoms with Crippen LogP contribution in [0.25, 0.3) is 11.5 Å². The molecule has 0 spiro atoms. The maximum absolute atomic E-state index is 5.78. The standard InChI is InChI=1S/C13H15BrN6O/c1-7-10(5-19(4)17-7)13-16-15-12(21-13)9(3)20-6-11(14)8(2)18-20/h5-6,9H,1-4H3. The lowest BCUT2D eigenvalue weighted by molar-refractivity contribution is 0.415. The minimum atomic E-state index is -0.131. The van der Waals surface area contributed by atoms with E-state index in [9.17, 15) is 0 Å². The Bertz CT molecular complexity index is 767. The van der Waals surface area contributed by atoms with Crippen LogP contribution < -0.4 is 0 Å². The molecule has 0 saturated heterocycles. The molecule has 0 bridgehead atoms. The summed E-state index contributed by atoms with van der Waals surface area (Å²) in [4.78, 5) is 0. The van der Waals surface area contributed by atoms with Crippen LogP contribution in [0.1, 0.15) is 30.2 Å². The maximum atomic E-state index is 5.78. The first-order chi connectivity index (χ1) is 9.95. The van der Waals surface area contributed by atoms with E-state index in [4.69, 9.17) is 4.42 Å². The monoisotopic (exact) mass is 350 g/mol.